The zero-order valence-electron chi connectivity index (χ0n) is 17.6. The standard InChI is InChI=1S/C20H32BNO5/c1-18(2,3)25-17(23)22-10-8-9-14(12-22)15-11-16(24-13-15)21-26-19(4,5)20(6,7)27-21/h11,13-14H,8-10,12H2,1-7H3. The third-order valence-corrected chi connectivity index (χ3v) is 5.67. The van der Waals surface area contributed by atoms with Crippen LogP contribution in [-0.2, 0) is 14.0 Å². The molecule has 2 aliphatic heterocycles. The van der Waals surface area contributed by atoms with E-state index in [-0.39, 0.29) is 12.0 Å². The Labute approximate surface area is 162 Å². The maximum atomic E-state index is 12.4. The second kappa shape index (κ2) is 6.85. The van der Waals surface area contributed by atoms with E-state index in [4.69, 9.17) is 18.5 Å². The van der Waals surface area contributed by atoms with Crippen LogP contribution in [0.15, 0.2) is 16.7 Å². The molecular weight excluding hydrogens is 345 g/mol. The van der Waals surface area contributed by atoms with Gasteiger partial charge in [0.1, 0.15) is 11.3 Å². The van der Waals surface area contributed by atoms with Crippen molar-refractivity contribution in [1.82, 2.24) is 4.90 Å². The fourth-order valence-electron chi connectivity index (χ4n) is 3.41. The second-order valence-electron chi connectivity index (χ2n) is 9.64. The highest BCUT2D eigenvalue weighted by atomic mass is 16.7. The zero-order valence-corrected chi connectivity index (χ0v) is 17.6. The molecule has 150 valence electrons. The van der Waals surface area contributed by atoms with Gasteiger partial charge in [-0.2, -0.15) is 0 Å². The number of carbonyl (C=O) groups excluding carboxylic acids is 1. The number of carbonyl (C=O) groups is 1. The Bertz CT molecular complexity index is 675. The summed E-state index contributed by atoms with van der Waals surface area (Å²) in [6.45, 7) is 15.1. The maximum absolute atomic E-state index is 12.4. The quantitative estimate of drug-likeness (QED) is 0.736. The van der Waals surface area contributed by atoms with Gasteiger partial charge in [-0.3, -0.25) is 0 Å². The number of amides is 1. The Balaban J connectivity index is 1.67. The molecular formula is C20H32BNO5. The normalized spacial score (nSPS) is 24.9. The molecule has 0 radical (unpaired) electrons. The number of hydrogen-bond donors (Lipinski definition) is 0. The smallest absolute Gasteiger partial charge is 0.473 e. The minimum absolute atomic E-state index is 0.228. The van der Waals surface area contributed by atoms with Gasteiger partial charge in [0.05, 0.1) is 17.5 Å². The van der Waals surface area contributed by atoms with Gasteiger partial charge in [-0.1, -0.05) is 0 Å². The van der Waals surface area contributed by atoms with Crippen molar-refractivity contribution in [1.29, 1.82) is 0 Å². The van der Waals surface area contributed by atoms with E-state index in [1.807, 2.05) is 54.5 Å². The van der Waals surface area contributed by atoms with Gasteiger partial charge in [-0.25, -0.2) is 4.79 Å². The number of hydrogen-bond acceptors (Lipinski definition) is 5. The van der Waals surface area contributed by atoms with Crippen molar-refractivity contribution in [2.24, 2.45) is 0 Å². The average Bonchev–Trinajstić information content (AvgIpc) is 3.09. The molecule has 2 fully saturated rings. The van der Waals surface area contributed by atoms with Crippen LogP contribution >= 0.6 is 0 Å². The lowest BCUT2D eigenvalue weighted by Gasteiger charge is -2.33. The number of furan rings is 1. The van der Waals surface area contributed by atoms with E-state index in [1.165, 1.54) is 0 Å². The highest BCUT2D eigenvalue weighted by Gasteiger charge is 2.53. The summed E-state index contributed by atoms with van der Waals surface area (Å²) in [7, 11) is -0.505. The molecule has 0 bridgehead atoms. The van der Waals surface area contributed by atoms with Crippen LogP contribution in [0.25, 0.3) is 0 Å². The van der Waals surface area contributed by atoms with Crippen LogP contribution in [0.2, 0.25) is 0 Å². The summed E-state index contributed by atoms with van der Waals surface area (Å²) >= 11 is 0. The molecule has 1 aromatic heterocycles. The molecule has 2 aliphatic rings. The van der Waals surface area contributed by atoms with Crippen molar-refractivity contribution in [3.05, 3.63) is 17.9 Å². The minimum Gasteiger partial charge on any atom is -0.473 e. The minimum atomic E-state index is -0.505. The molecule has 0 saturated carbocycles. The van der Waals surface area contributed by atoms with Crippen LogP contribution in [0.5, 0.6) is 0 Å². The van der Waals surface area contributed by atoms with E-state index < -0.39 is 23.9 Å². The molecule has 1 aromatic rings. The predicted octanol–water partition coefficient (Wildman–Crippen LogP) is 3.69. The summed E-state index contributed by atoms with van der Waals surface area (Å²) in [5.41, 5.74) is 0.473. The van der Waals surface area contributed by atoms with E-state index in [1.54, 1.807) is 11.2 Å². The number of rotatable bonds is 2. The third-order valence-electron chi connectivity index (χ3n) is 5.67. The molecule has 1 amide bonds. The summed E-state index contributed by atoms with van der Waals surface area (Å²) in [6, 6.07) is 2.01. The fraction of sp³-hybridized carbons (Fsp3) is 0.750. The van der Waals surface area contributed by atoms with Gasteiger partial charge in [-0.15, -0.1) is 0 Å². The second-order valence-corrected chi connectivity index (χ2v) is 9.64. The lowest BCUT2D eigenvalue weighted by Crippen LogP contribution is -2.42. The monoisotopic (exact) mass is 377 g/mol. The molecule has 27 heavy (non-hydrogen) atoms. The molecule has 6 nitrogen and oxygen atoms in total. The van der Waals surface area contributed by atoms with Crippen LogP contribution in [-0.4, -0.2) is 48.0 Å². The van der Waals surface area contributed by atoms with Crippen molar-refractivity contribution in [3.8, 4) is 0 Å². The third kappa shape index (κ3) is 4.35. The Morgan fingerprint density at radius 1 is 1.22 bits per heavy atom. The topological polar surface area (TPSA) is 61.1 Å². The SMILES string of the molecule is CC(C)(C)OC(=O)N1CCCC(c2coc(B3OC(C)(C)C(C)(C)O3)c2)C1. The van der Waals surface area contributed by atoms with Gasteiger partial charge in [-0.05, 0) is 72.9 Å². The molecule has 1 unspecified atom stereocenters. The van der Waals surface area contributed by atoms with Gasteiger partial charge in [0.15, 0.2) is 0 Å². The van der Waals surface area contributed by atoms with E-state index in [9.17, 15) is 4.79 Å². The average molecular weight is 377 g/mol. The molecule has 3 rings (SSSR count). The van der Waals surface area contributed by atoms with Gasteiger partial charge < -0.3 is 23.4 Å². The van der Waals surface area contributed by atoms with Crippen molar-refractivity contribution in [2.75, 3.05) is 13.1 Å². The summed E-state index contributed by atoms with van der Waals surface area (Å²) in [5.74, 6) is 0.228. The van der Waals surface area contributed by atoms with Crippen molar-refractivity contribution >= 4 is 18.9 Å². The number of ether oxygens (including phenoxy) is 1. The van der Waals surface area contributed by atoms with Crippen molar-refractivity contribution in [3.63, 3.8) is 0 Å². The first-order chi connectivity index (χ1) is 12.4. The molecule has 0 spiro atoms. The first-order valence-electron chi connectivity index (χ1n) is 9.80. The molecule has 1 atom stereocenters. The Hall–Kier alpha value is -1.47. The van der Waals surface area contributed by atoms with Crippen molar-refractivity contribution < 1.29 is 23.3 Å². The molecule has 0 aromatic carbocycles. The Morgan fingerprint density at radius 3 is 2.44 bits per heavy atom. The summed E-state index contributed by atoms with van der Waals surface area (Å²) in [5, 5.41) is 0. The van der Waals surface area contributed by atoms with Crippen LogP contribution in [0, 0.1) is 0 Å². The van der Waals surface area contributed by atoms with E-state index in [0.29, 0.717) is 12.2 Å². The summed E-state index contributed by atoms with van der Waals surface area (Å²) in [4.78, 5) is 14.2. The number of piperidine rings is 1. The van der Waals surface area contributed by atoms with Crippen molar-refractivity contribution in [2.45, 2.75) is 84.0 Å². The first kappa shape index (κ1) is 20.3. The van der Waals surface area contributed by atoms with Crippen LogP contribution < -0.4 is 5.66 Å². The molecule has 3 heterocycles. The van der Waals surface area contributed by atoms with Gasteiger partial charge in [0, 0.05) is 19.0 Å². The van der Waals surface area contributed by atoms with Crippen LogP contribution in [0.3, 0.4) is 0 Å². The maximum Gasteiger partial charge on any atom is 0.532 e. The van der Waals surface area contributed by atoms with Gasteiger partial charge in [0.2, 0.25) is 0 Å². The zero-order chi connectivity index (χ0) is 20.0. The lowest BCUT2D eigenvalue weighted by atomic mass is 9.84. The summed E-state index contributed by atoms with van der Waals surface area (Å²) < 4.78 is 23.4. The summed E-state index contributed by atoms with van der Waals surface area (Å²) in [6.07, 6.45) is 3.48. The lowest BCUT2D eigenvalue weighted by molar-refractivity contribution is 0.00578. The first-order valence-corrected chi connectivity index (χ1v) is 9.80. The van der Waals surface area contributed by atoms with Crippen LogP contribution in [0.1, 0.15) is 72.8 Å². The molecule has 7 heteroatoms. The number of nitrogens with zero attached hydrogens (tertiary/aromatic N) is 1. The molecule has 2 saturated heterocycles. The number of likely N-dealkylation sites (tertiary alicyclic amines) is 1. The highest BCUT2D eigenvalue weighted by molar-refractivity contribution is 6.60. The van der Waals surface area contributed by atoms with E-state index >= 15 is 0 Å². The molecule has 0 N–H and O–H groups in total. The van der Waals surface area contributed by atoms with E-state index in [0.717, 1.165) is 24.9 Å². The van der Waals surface area contributed by atoms with Gasteiger partial charge >= 0.3 is 13.2 Å². The van der Waals surface area contributed by atoms with Crippen LogP contribution in [0.4, 0.5) is 4.79 Å². The predicted molar refractivity (Wildman–Crippen MR) is 104 cm³/mol. The highest BCUT2D eigenvalue weighted by Crippen LogP contribution is 2.37. The fourth-order valence-corrected chi connectivity index (χ4v) is 3.41. The largest absolute Gasteiger partial charge is 0.532 e. The molecule has 0 aliphatic carbocycles. The van der Waals surface area contributed by atoms with Gasteiger partial charge in [0.25, 0.3) is 0 Å². The Kier molecular flexibility index (Phi) is 5.14. The Morgan fingerprint density at radius 2 is 1.85 bits per heavy atom. The van der Waals surface area contributed by atoms with E-state index in [2.05, 4.69) is 0 Å².